The zero-order valence-electron chi connectivity index (χ0n) is 26.7. The molecule has 2 heterocycles. The summed E-state index contributed by atoms with van der Waals surface area (Å²) >= 11 is 12.8. The monoisotopic (exact) mass is 678 g/mol. The molecule has 1 aromatic carbocycles. The third-order valence-electron chi connectivity index (χ3n) is 7.36. The fourth-order valence-electron chi connectivity index (χ4n) is 3.68. The highest BCUT2D eigenvalue weighted by molar-refractivity contribution is 6.74. The first-order valence-electron chi connectivity index (χ1n) is 14.0. The summed E-state index contributed by atoms with van der Waals surface area (Å²) in [6.45, 7) is 15.7. The average molecular weight is 680 g/mol. The number of carbonyl (C=O) groups excluding carboxylic acids is 2. The molecule has 45 heavy (non-hydrogen) atoms. The Kier molecular flexibility index (Phi) is 11.8. The molecule has 2 aromatic heterocycles. The van der Waals surface area contributed by atoms with E-state index in [1.165, 1.54) is 44.6 Å². The fourth-order valence-corrected chi connectivity index (χ4v) is 5.37. The number of anilines is 5. The van der Waals surface area contributed by atoms with Crippen LogP contribution < -0.4 is 30.3 Å². The van der Waals surface area contributed by atoms with Crippen molar-refractivity contribution in [1.82, 2.24) is 19.7 Å². The van der Waals surface area contributed by atoms with E-state index in [-0.39, 0.29) is 38.1 Å². The lowest BCUT2D eigenvalue weighted by Crippen LogP contribution is -2.41. The quantitative estimate of drug-likeness (QED) is 0.0993. The summed E-state index contributed by atoms with van der Waals surface area (Å²) in [6, 6.07) is 2.46. The lowest BCUT2D eigenvalue weighted by molar-refractivity contribution is -0.111. The lowest BCUT2D eigenvalue weighted by atomic mass is 10.2. The summed E-state index contributed by atoms with van der Waals surface area (Å²) in [5, 5.41) is 13.5. The zero-order valence-corrected chi connectivity index (χ0v) is 29.3. The standard InChI is InChI=1S/C29H40Cl2N8O5Si/c1-10-23(40)34-18-16-39(12-11-13-44-45(8,9)29(2,3)4)37-27(18)35-21-15-22(33-17-32-21)38(5)28(41)36-26-24(30)19(42-6)14-20(43-7)25(26)31/h10,14-17H,1,11-13H2,2-9H3,(H,34,40)(H,36,41)(H,32,33,35,37). The van der Waals surface area contributed by atoms with Gasteiger partial charge in [-0.25, -0.2) is 14.8 Å². The molecule has 0 bridgehead atoms. The van der Waals surface area contributed by atoms with Crippen molar-refractivity contribution in [3.05, 3.63) is 47.4 Å². The topological polar surface area (TPSA) is 145 Å². The normalized spacial score (nSPS) is 11.5. The van der Waals surface area contributed by atoms with E-state index in [1.54, 1.807) is 16.9 Å². The summed E-state index contributed by atoms with van der Waals surface area (Å²) in [4.78, 5) is 35.0. The van der Waals surface area contributed by atoms with Crippen LogP contribution in [0.25, 0.3) is 0 Å². The lowest BCUT2D eigenvalue weighted by Gasteiger charge is -2.36. The number of urea groups is 1. The molecule has 0 saturated carbocycles. The highest BCUT2D eigenvalue weighted by Crippen LogP contribution is 2.44. The predicted molar refractivity (Wildman–Crippen MR) is 181 cm³/mol. The number of ether oxygens (including phenoxy) is 2. The first-order chi connectivity index (χ1) is 21.1. The van der Waals surface area contributed by atoms with Gasteiger partial charge < -0.3 is 29.9 Å². The van der Waals surface area contributed by atoms with Crippen molar-refractivity contribution in [2.75, 3.05) is 48.7 Å². The van der Waals surface area contributed by atoms with Crippen LogP contribution in [0.1, 0.15) is 27.2 Å². The van der Waals surface area contributed by atoms with Gasteiger partial charge in [-0.05, 0) is 30.6 Å². The van der Waals surface area contributed by atoms with Crippen molar-refractivity contribution >= 4 is 72.3 Å². The Morgan fingerprint density at radius 3 is 2.31 bits per heavy atom. The number of carbonyl (C=O) groups is 2. The fraction of sp³-hybridized carbons (Fsp3) is 0.414. The van der Waals surface area contributed by atoms with Crippen LogP contribution >= 0.6 is 23.2 Å². The Hall–Kier alpha value is -3.85. The molecule has 3 rings (SSSR count). The number of aryl methyl sites for hydroxylation is 1. The van der Waals surface area contributed by atoms with Crippen molar-refractivity contribution in [1.29, 1.82) is 0 Å². The van der Waals surface area contributed by atoms with Crippen LogP contribution in [0, 0.1) is 0 Å². The van der Waals surface area contributed by atoms with Crippen molar-refractivity contribution in [3.8, 4) is 11.5 Å². The van der Waals surface area contributed by atoms with E-state index in [0.29, 0.717) is 30.5 Å². The molecule has 3 aromatic rings. The molecule has 0 aliphatic rings. The van der Waals surface area contributed by atoms with E-state index in [4.69, 9.17) is 37.1 Å². The molecule has 3 N–H and O–H groups in total. The molecule has 3 amide bonds. The molecule has 0 fully saturated rings. The van der Waals surface area contributed by atoms with Crippen LogP contribution in [0.5, 0.6) is 11.5 Å². The Bertz CT molecular complexity index is 1520. The van der Waals surface area contributed by atoms with Gasteiger partial charge >= 0.3 is 6.03 Å². The number of aromatic nitrogens is 4. The average Bonchev–Trinajstić information content (AvgIpc) is 3.36. The number of hydrogen-bond donors (Lipinski definition) is 3. The van der Waals surface area contributed by atoms with E-state index in [2.05, 4.69) is 71.5 Å². The summed E-state index contributed by atoms with van der Waals surface area (Å²) in [7, 11) is 2.51. The molecule has 0 aliphatic carbocycles. The Labute approximate surface area is 274 Å². The van der Waals surface area contributed by atoms with Gasteiger partial charge in [-0.2, -0.15) is 5.10 Å². The molecular weight excluding hydrogens is 639 g/mol. The molecule has 0 unspecified atom stereocenters. The second-order valence-corrected chi connectivity index (χ2v) is 17.0. The summed E-state index contributed by atoms with van der Waals surface area (Å²) < 4.78 is 18.5. The van der Waals surface area contributed by atoms with Gasteiger partial charge in [0.2, 0.25) is 5.91 Å². The third-order valence-corrected chi connectivity index (χ3v) is 12.6. The Balaban J connectivity index is 1.78. The minimum absolute atomic E-state index is 0.103. The van der Waals surface area contributed by atoms with Crippen molar-refractivity contribution < 1.29 is 23.5 Å². The number of methoxy groups -OCH3 is 2. The molecule has 0 atom stereocenters. The van der Waals surface area contributed by atoms with Crippen molar-refractivity contribution in [2.45, 2.75) is 51.9 Å². The van der Waals surface area contributed by atoms with Crippen LogP contribution in [0.3, 0.4) is 0 Å². The maximum Gasteiger partial charge on any atom is 0.327 e. The Morgan fingerprint density at radius 2 is 1.73 bits per heavy atom. The molecule has 0 saturated heterocycles. The van der Waals surface area contributed by atoms with E-state index >= 15 is 0 Å². The predicted octanol–water partition coefficient (Wildman–Crippen LogP) is 6.95. The van der Waals surface area contributed by atoms with E-state index in [0.717, 1.165) is 6.42 Å². The van der Waals surface area contributed by atoms with Gasteiger partial charge in [-0.15, -0.1) is 0 Å². The van der Waals surface area contributed by atoms with Crippen LogP contribution in [-0.4, -0.2) is 67.9 Å². The third kappa shape index (κ3) is 8.87. The minimum atomic E-state index is -1.87. The smallest absolute Gasteiger partial charge is 0.327 e. The second kappa shape index (κ2) is 15.0. The minimum Gasteiger partial charge on any atom is -0.495 e. The molecule has 13 nitrogen and oxygen atoms in total. The molecule has 244 valence electrons. The van der Waals surface area contributed by atoms with Crippen molar-refractivity contribution in [3.63, 3.8) is 0 Å². The molecule has 16 heteroatoms. The number of halogens is 2. The first kappa shape index (κ1) is 35.6. The molecule has 0 radical (unpaired) electrons. The van der Waals surface area contributed by atoms with Gasteiger partial charge in [0.05, 0.1) is 26.1 Å². The summed E-state index contributed by atoms with van der Waals surface area (Å²) in [5.74, 6) is 1.04. The zero-order chi connectivity index (χ0) is 33.5. The number of nitrogens with zero attached hydrogens (tertiary/aromatic N) is 5. The van der Waals surface area contributed by atoms with Crippen LogP contribution in [0.4, 0.5) is 33.6 Å². The van der Waals surface area contributed by atoms with E-state index < -0.39 is 20.3 Å². The van der Waals surface area contributed by atoms with E-state index in [1.807, 2.05) is 0 Å². The summed E-state index contributed by atoms with van der Waals surface area (Å²) in [5.41, 5.74) is 0.536. The highest BCUT2D eigenvalue weighted by atomic mass is 35.5. The highest BCUT2D eigenvalue weighted by Gasteiger charge is 2.36. The number of rotatable bonds is 13. The van der Waals surface area contributed by atoms with Crippen molar-refractivity contribution in [2.24, 2.45) is 0 Å². The largest absolute Gasteiger partial charge is 0.495 e. The van der Waals surface area contributed by atoms with Crippen LogP contribution in [0.15, 0.2) is 37.3 Å². The number of nitrogens with one attached hydrogen (secondary N) is 3. The summed E-state index contributed by atoms with van der Waals surface area (Å²) in [6.07, 6.45) is 4.90. The SMILES string of the molecule is C=CC(=O)Nc1cn(CCCO[Si](C)(C)C(C)(C)C)nc1Nc1cc(N(C)C(=O)Nc2c(Cl)c(OC)cc(OC)c2Cl)ncn1. The number of benzene rings is 1. The van der Waals surface area contributed by atoms with Crippen LogP contribution in [0.2, 0.25) is 28.2 Å². The van der Waals surface area contributed by atoms with Gasteiger partial charge in [0.25, 0.3) is 0 Å². The second-order valence-electron chi connectivity index (χ2n) is 11.5. The Morgan fingerprint density at radius 1 is 1.09 bits per heavy atom. The van der Waals surface area contributed by atoms with Gasteiger partial charge in [0.15, 0.2) is 14.1 Å². The van der Waals surface area contributed by atoms with Gasteiger partial charge in [-0.1, -0.05) is 50.6 Å². The van der Waals surface area contributed by atoms with Gasteiger partial charge in [0.1, 0.15) is 45.2 Å². The first-order valence-corrected chi connectivity index (χ1v) is 17.7. The van der Waals surface area contributed by atoms with Gasteiger partial charge in [0, 0.05) is 32.3 Å². The maximum absolute atomic E-state index is 13.2. The molecule has 0 aliphatic heterocycles. The van der Waals surface area contributed by atoms with Gasteiger partial charge in [-0.3, -0.25) is 14.4 Å². The molecule has 0 spiro atoms. The van der Waals surface area contributed by atoms with Crippen LogP contribution in [-0.2, 0) is 15.8 Å². The molecular formula is C29H40Cl2N8O5Si. The van der Waals surface area contributed by atoms with E-state index in [9.17, 15) is 9.59 Å². The maximum atomic E-state index is 13.2. The number of hydrogen-bond acceptors (Lipinski definition) is 9. The number of amides is 3.